The monoisotopic (exact) mass is 369 g/mol. The molecule has 1 aliphatic heterocycles. The summed E-state index contributed by atoms with van der Waals surface area (Å²) in [5.74, 6) is 0.388. The van der Waals surface area contributed by atoms with Crippen molar-refractivity contribution in [3.05, 3.63) is 57.9 Å². The number of aromatic hydroxyl groups is 1. The second kappa shape index (κ2) is 7.27. The highest BCUT2D eigenvalue weighted by Gasteiger charge is 2.22. The maximum Gasteiger partial charge on any atom is 0.215 e. The van der Waals surface area contributed by atoms with Gasteiger partial charge in [-0.15, -0.1) is 0 Å². The predicted octanol–water partition coefficient (Wildman–Crippen LogP) is 4.01. The lowest BCUT2D eigenvalue weighted by atomic mass is 9.95. The van der Waals surface area contributed by atoms with E-state index in [0.717, 1.165) is 54.1 Å². The van der Waals surface area contributed by atoms with E-state index in [9.17, 15) is 9.50 Å². The van der Waals surface area contributed by atoms with Gasteiger partial charge in [-0.1, -0.05) is 18.2 Å². The van der Waals surface area contributed by atoms with E-state index in [-0.39, 0.29) is 11.8 Å². The maximum atomic E-state index is 13.2. The largest absolute Gasteiger partial charge is 0.493 e. The molecular formula is C21H24FN3O2. The third-order valence-corrected chi connectivity index (χ3v) is 5.60. The third-order valence-electron chi connectivity index (χ3n) is 5.60. The lowest BCUT2D eigenvalue weighted by Crippen LogP contribution is -2.15. The van der Waals surface area contributed by atoms with Crippen molar-refractivity contribution in [2.75, 3.05) is 13.2 Å². The molecule has 5 nitrogen and oxygen atoms in total. The zero-order valence-corrected chi connectivity index (χ0v) is 15.7. The van der Waals surface area contributed by atoms with Gasteiger partial charge in [-0.25, -0.2) is 9.37 Å². The summed E-state index contributed by atoms with van der Waals surface area (Å²) in [4.78, 5) is 4.86. The van der Waals surface area contributed by atoms with Crippen molar-refractivity contribution in [1.29, 1.82) is 0 Å². The number of benzene rings is 1. The van der Waals surface area contributed by atoms with Crippen molar-refractivity contribution in [2.45, 2.75) is 45.7 Å². The minimum atomic E-state index is -0.472. The van der Waals surface area contributed by atoms with Crippen LogP contribution in [-0.4, -0.2) is 32.9 Å². The zero-order valence-electron chi connectivity index (χ0n) is 15.7. The van der Waals surface area contributed by atoms with Crippen molar-refractivity contribution in [2.24, 2.45) is 0 Å². The summed E-state index contributed by atoms with van der Waals surface area (Å²) >= 11 is 0. The number of hydrogen-bond donors (Lipinski definition) is 1. The summed E-state index contributed by atoms with van der Waals surface area (Å²) in [5, 5.41) is 15.0. The summed E-state index contributed by atoms with van der Waals surface area (Å²) in [6.45, 7) is 4.84. The smallest absolute Gasteiger partial charge is 0.215 e. The molecular weight excluding hydrogens is 345 g/mol. The van der Waals surface area contributed by atoms with Crippen molar-refractivity contribution in [3.8, 4) is 5.88 Å². The number of rotatable bonds is 4. The first-order chi connectivity index (χ1) is 13.1. The Morgan fingerprint density at radius 2 is 1.96 bits per heavy atom. The molecule has 0 unspecified atom stereocenters. The van der Waals surface area contributed by atoms with Crippen molar-refractivity contribution >= 4 is 5.65 Å². The molecule has 6 heteroatoms. The molecule has 1 saturated heterocycles. The average molecular weight is 369 g/mol. The van der Waals surface area contributed by atoms with E-state index in [1.165, 1.54) is 4.52 Å². The number of halogens is 1. The first-order valence-corrected chi connectivity index (χ1v) is 9.37. The molecule has 142 valence electrons. The number of hydrogen-bond acceptors (Lipinski definition) is 4. The molecule has 0 amide bonds. The van der Waals surface area contributed by atoms with Gasteiger partial charge in [0.1, 0.15) is 6.67 Å². The normalized spacial score (nSPS) is 15.5. The SMILES string of the molecule is Cc1nn2c(O)cc(C3CCOCC3)nc2c1Cc1cccc(CF)c1C. The van der Waals surface area contributed by atoms with E-state index in [4.69, 9.17) is 9.72 Å². The standard InChI is InChI=1S/C21H24FN3O2/c1-13-16(4-3-5-17(13)12-22)10-18-14(2)24-25-20(26)11-19(23-21(18)25)15-6-8-27-9-7-15/h3-5,11,15,26H,6-10,12H2,1-2H3. The molecule has 27 heavy (non-hydrogen) atoms. The predicted molar refractivity (Wildman–Crippen MR) is 101 cm³/mol. The van der Waals surface area contributed by atoms with Crippen molar-refractivity contribution < 1.29 is 14.2 Å². The zero-order chi connectivity index (χ0) is 19.0. The molecule has 0 aliphatic carbocycles. The van der Waals surface area contributed by atoms with Crippen LogP contribution in [0.5, 0.6) is 5.88 Å². The summed E-state index contributed by atoms with van der Waals surface area (Å²) in [7, 11) is 0. The number of aromatic nitrogens is 3. The fourth-order valence-electron chi connectivity index (χ4n) is 3.84. The summed E-state index contributed by atoms with van der Waals surface area (Å²) in [6.07, 6.45) is 2.42. The van der Waals surface area contributed by atoms with E-state index in [1.54, 1.807) is 6.07 Å². The molecule has 1 N–H and O–H groups in total. The molecule has 0 bridgehead atoms. The van der Waals surface area contributed by atoms with Gasteiger partial charge in [-0.05, 0) is 43.4 Å². The van der Waals surface area contributed by atoms with E-state index in [0.29, 0.717) is 17.6 Å². The van der Waals surface area contributed by atoms with Gasteiger partial charge in [-0.2, -0.15) is 9.61 Å². The molecule has 2 aromatic heterocycles. The molecule has 1 aromatic carbocycles. The van der Waals surface area contributed by atoms with Gasteiger partial charge in [0.05, 0.1) is 11.4 Å². The molecule has 0 spiro atoms. The third kappa shape index (κ3) is 3.30. The Kier molecular flexibility index (Phi) is 4.83. The van der Waals surface area contributed by atoms with Crippen LogP contribution in [0, 0.1) is 13.8 Å². The molecule has 1 fully saturated rings. The second-order valence-electron chi connectivity index (χ2n) is 7.24. The molecule has 4 rings (SSSR count). The number of alkyl halides is 1. The van der Waals surface area contributed by atoms with E-state index < -0.39 is 6.67 Å². The number of ether oxygens (including phenoxy) is 1. The number of aryl methyl sites for hydroxylation is 1. The van der Waals surface area contributed by atoms with Crippen LogP contribution in [0.3, 0.4) is 0 Å². The van der Waals surface area contributed by atoms with Gasteiger partial charge in [0.15, 0.2) is 5.65 Å². The van der Waals surface area contributed by atoms with Crippen molar-refractivity contribution in [1.82, 2.24) is 14.6 Å². The van der Waals surface area contributed by atoms with Gasteiger partial charge in [-0.3, -0.25) is 0 Å². The van der Waals surface area contributed by atoms with Gasteiger partial charge < -0.3 is 9.84 Å². The van der Waals surface area contributed by atoms with Crippen LogP contribution in [0.4, 0.5) is 4.39 Å². The summed E-state index contributed by atoms with van der Waals surface area (Å²) in [6, 6.07) is 7.43. The highest BCUT2D eigenvalue weighted by molar-refractivity contribution is 5.55. The lowest BCUT2D eigenvalue weighted by molar-refractivity contribution is 0.0844. The van der Waals surface area contributed by atoms with E-state index in [2.05, 4.69) is 5.10 Å². The van der Waals surface area contributed by atoms with Crippen molar-refractivity contribution in [3.63, 3.8) is 0 Å². The molecule has 3 aromatic rings. The van der Waals surface area contributed by atoms with Gasteiger partial charge in [0, 0.05) is 37.2 Å². The van der Waals surface area contributed by atoms with Crippen LogP contribution in [0.15, 0.2) is 24.3 Å². The van der Waals surface area contributed by atoms with Crippen LogP contribution >= 0.6 is 0 Å². The molecule has 3 heterocycles. The van der Waals surface area contributed by atoms with Crippen LogP contribution in [0.1, 0.15) is 52.4 Å². The van der Waals surface area contributed by atoms with Crippen LogP contribution in [0.25, 0.3) is 5.65 Å². The fraction of sp³-hybridized carbons (Fsp3) is 0.429. The summed E-state index contributed by atoms with van der Waals surface area (Å²) < 4.78 is 20.2. The fourth-order valence-corrected chi connectivity index (χ4v) is 3.84. The molecule has 1 aliphatic rings. The Morgan fingerprint density at radius 3 is 2.70 bits per heavy atom. The molecule has 0 saturated carbocycles. The van der Waals surface area contributed by atoms with Crippen LogP contribution < -0.4 is 0 Å². The first-order valence-electron chi connectivity index (χ1n) is 9.37. The number of fused-ring (bicyclic) bond motifs is 1. The topological polar surface area (TPSA) is 59.7 Å². The Hall–Kier alpha value is -2.47. The van der Waals surface area contributed by atoms with E-state index in [1.807, 2.05) is 32.0 Å². The van der Waals surface area contributed by atoms with Gasteiger partial charge in [0.25, 0.3) is 0 Å². The Bertz CT molecular complexity index is 977. The van der Waals surface area contributed by atoms with Crippen LogP contribution in [-0.2, 0) is 17.8 Å². The van der Waals surface area contributed by atoms with Gasteiger partial charge >= 0.3 is 0 Å². The highest BCUT2D eigenvalue weighted by Crippen LogP contribution is 2.30. The second-order valence-corrected chi connectivity index (χ2v) is 7.24. The highest BCUT2D eigenvalue weighted by atomic mass is 19.1. The van der Waals surface area contributed by atoms with Crippen LogP contribution in [0.2, 0.25) is 0 Å². The first kappa shape index (κ1) is 17.9. The maximum absolute atomic E-state index is 13.2. The quantitative estimate of drug-likeness (QED) is 0.755. The van der Waals surface area contributed by atoms with E-state index >= 15 is 0 Å². The molecule has 0 radical (unpaired) electrons. The average Bonchev–Trinajstić information content (AvgIpc) is 3.00. The summed E-state index contributed by atoms with van der Waals surface area (Å²) in [5.41, 5.74) is 6.09. The number of nitrogens with zero attached hydrogens (tertiary/aromatic N) is 3. The molecule has 0 atom stereocenters. The Balaban J connectivity index is 1.78. The lowest BCUT2D eigenvalue weighted by Gasteiger charge is -2.21. The minimum Gasteiger partial charge on any atom is -0.493 e. The van der Waals surface area contributed by atoms with Gasteiger partial charge in [0.2, 0.25) is 5.88 Å². The Labute approximate surface area is 157 Å². The minimum absolute atomic E-state index is 0.102. The Morgan fingerprint density at radius 1 is 1.22 bits per heavy atom.